The number of phenolic OH excluding ortho intramolecular Hbond substituents is 1. The standard InChI is InChI=1S/C21H17N3O5/c1-29-18-12-13(11-17(19(18)25)24(27)28)20-22-16-10-6-5-9-15(16)21(26)23(20)14-7-3-2-4-8-14/h2-12,20,22,25H,1H3/t20-/m0/s1. The number of nitrogens with one attached hydrogen (secondary N) is 1. The van der Waals surface area contributed by atoms with Gasteiger partial charge in [-0.2, -0.15) is 0 Å². The van der Waals surface area contributed by atoms with E-state index in [9.17, 15) is 20.0 Å². The van der Waals surface area contributed by atoms with E-state index >= 15 is 0 Å². The number of fused-ring (bicyclic) bond motifs is 1. The molecule has 0 aliphatic carbocycles. The van der Waals surface area contributed by atoms with Gasteiger partial charge in [0.1, 0.15) is 6.17 Å². The van der Waals surface area contributed by atoms with Crippen LogP contribution in [0.2, 0.25) is 0 Å². The minimum Gasteiger partial charge on any atom is -0.500 e. The first-order valence-corrected chi connectivity index (χ1v) is 8.80. The summed E-state index contributed by atoms with van der Waals surface area (Å²) in [6, 6.07) is 18.8. The number of aromatic hydroxyl groups is 1. The number of benzene rings is 3. The van der Waals surface area contributed by atoms with Gasteiger partial charge in [0, 0.05) is 23.0 Å². The summed E-state index contributed by atoms with van der Waals surface area (Å²) >= 11 is 0. The molecule has 3 aromatic carbocycles. The molecule has 0 bridgehead atoms. The summed E-state index contributed by atoms with van der Waals surface area (Å²) in [6.45, 7) is 0. The van der Waals surface area contributed by atoms with E-state index < -0.39 is 22.5 Å². The first-order chi connectivity index (χ1) is 14.0. The number of anilines is 2. The number of amides is 1. The maximum absolute atomic E-state index is 13.3. The number of hydrogen-bond acceptors (Lipinski definition) is 6. The van der Waals surface area contributed by atoms with Gasteiger partial charge >= 0.3 is 5.69 Å². The van der Waals surface area contributed by atoms with E-state index in [-0.39, 0.29) is 11.7 Å². The van der Waals surface area contributed by atoms with Gasteiger partial charge in [0.15, 0.2) is 5.75 Å². The summed E-state index contributed by atoms with van der Waals surface area (Å²) < 4.78 is 5.12. The van der Waals surface area contributed by atoms with Crippen molar-refractivity contribution in [2.45, 2.75) is 6.17 Å². The Balaban J connectivity index is 1.92. The Hall–Kier alpha value is -4.07. The number of nitro benzene ring substituents is 1. The SMILES string of the molecule is COc1cc([C@H]2Nc3ccccc3C(=O)N2c2ccccc2)cc([N+](=O)[O-])c1O. The highest BCUT2D eigenvalue weighted by atomic mass is 16.6. The zero-order valence-corrected chi connectivity index (χ0v) is 15.4. The van der Waals surface area contributed by atoms with Crippen molar-refractivity contribution < 1.29 is 19.6 Å². The topological polar surface area (TPSA) is 105 Å². The van der Waals surface area contributed by atoms with Crippen molar-refractivity contribution in [1.29, 1.82) is 0 Å². The lowest BCUT2D eigenvalue weighted by Crippen LogP contribution is -2.43. The second-order valence-electron chi connectivity index (χ2n) is 6.45. The second-order valence-corrected chi connectivity index (χ2v) is 6.45. The third kappa shape index (κ3) is 3.10. The highest BCUT2D eigenvalue weighted by molar-refractivity contribution is 6.12. The normalized spacial score (nSPS) is 15.4. The monoisotopic (exact) mass is 391 g/mol. The van der Waals surface area contributed by atoms with Gasteiger partial charge in [-0.1, -0.05) is 30.3 Å². The van der Waals surface area contributed by atoms with Crippen LogP contribution in [0.25, 0.3) is 0 Å². The van der Waals surface area contributed by atoms with Crippen LogP contribution in [0.3, 0.4) is 0 Å². The smallest absolute Gasteiger partial charge is 0.315 e. The molecule has 146 valence electrons. The molecule has 0 radical (unpaired) electrons. The molecular formula is C21H17N3O5. The summed E-state index contributed by atoms with van der Waals surface area (Å²) in [5.74, 6) is -0.851. The maximum atomic E-state index is 13.3. The van der Waals surface area contributed by atoms with Crippen LogP contribution in [0.15, 0.2) is 66.7 Å². The number of nitro groups is 1. The van der Waals surface area contributed by atoms with E-state index in [2.05, 4.69) is 5.32 Å². The van der Waals surface area contributed by atoms with Crippen molar-refractivity contribution in [3.63, 3.8) is 0 Å². The van der Waals surface area contributed by atoms with Gasteiger partial charge in [-0.05, 0) is 30.3 Å². The largest absolute Gasteiger partial charge is 0.500 e. The number of rotatable bonds is 4. The third-order valence-corrected chi connectivity index (χ3v) is 4.77. The molecule has 8 nitrogen and oxygen atoms in total. The van der Waals surface area contributed by atoms with E-state index in [1.165, 1.54) is 24.1 Å². The minimum absolute atomic E-state index is 0.0460. The molecule has 8 heteroatoms. The van der Waals surface area contributed by atoms with Crippen LogP contribution in [0.1, 0.15) is 22.1 Å². The molecule has 1 aliphatic heterocycles. The Bertz CT molecular complexity index is 1100. The van der Waals surface area contributed by atoms with Crippen LogP contribution in [-0.4, -0.2) is 23.0 Å². The van der Waals surface area contributed by atoms with Crippen LogP contribution in [-0.2, 0) is 0 Å². The Labute approximate surface area is 166 Å². The molecular weight excluding hydrogens is 374 g/mol. The molecule has 1 aliphatic rings. The molecule has 0 saturated carbocycles. The summed E-state index contributed by atoms with van der Waals surface area (Å²) in [4.78, 5) is 25.6. The van der Waals surface area contributed by atoms with Crippen molar-refractivity contribution in [3.05, 3.63) is 88.0 Å². The molecule has 29 heavy (non-hydrogen) atoms. The maximum Gasteiger partial charge on any atom is 0.315 e. The highest BCUT2D eigenvalue weighted by Gasteiger charge is 2.35. The summed E-state index contributed by atoms with van der Waals surface area (Å²) in [5, 5.41) is 24.8. The minimum atomic E-state index is -0.743. The fourth-order valence-corrected chi connectivity index (χ4v) is 3.41. The number of para-hydroxylation sites is 2. The van der Waals surface area contributed by atoms with Gasteiger partial charge in [-0.15, -0.1) is 0 Å². The lowest BCUT2D eigenvalue weighted by molar-refractivity contribution is -0.386. The Kier molecular flexibility index (Phi) is 4.52. The zero-order valence-electron chi connectivity index (χ0n) is 15.4. The van der Waals surface area contributed by atoms with Gasteiger partial charge in [-0.25, -0.2) is 0 Å². The van der Waals surface area contributed by atoms with Gasteiger partial charge in [0.2, 0.25) is 5.75 Å². The average molecular weight is 391 g/mol. The number of methoxy groups -OCH3 is 1. The molecule has 0 spiro atoms. The fourth-order valence-electron chi connectivity index (χ4n) is 3.41. The van der Waals surface area contributed by atoms with Gasteiger partial charge in [0.25, 0.3) is 5.91 Å². The predicted octanol–water partition coefficient (Wildman–Crippen LogP) is 4.08. The van der Waals surface area contributed by atoms with E-state index in [0.29, 0.717) is 22.5 Å². The Morgan fingerprint density at radius 3 is 2.48 bits per heavy atom. The zero-order chi connectivity index (χ0) is 20.5. The molecule has 1 atom stereocenters. The molecule has 0 aromatic heterocycles. The number of nitrogens with zero attached hydrogens (tertiary/aromatic N) is 2. The van der Waals surface area contributed by atoms with Crippen LogP contribution in [0.5, 0.6) is 11.5 Å². The quantitative estimate of drug-likeness (QED) is 0.513. The van der Waals surface area contributed by atoms with Gasteiger partial charge in [-0.3, -0.25) is 19.8 Å². The summed E-state index contributed by atoms with van der Waals surface area (Å²) in [6.07, 6.45) is -0.743. The predicted molar refractivity (Wildman–Crippen MR) is 107 cm³/mol. The van der Waals surface area contributed by atoms with Crippen molar-refractivity contribution in [3.8, 4) is 11.5 Å². The molecule has 0 saturated heterocycles. The van der Waals surface area contributed by atoms with Crippen molar-refractivity contribution >= 4 is 23.0 Å². The summed E-state index contributed by atoms with van der Waals surface area (Å²) in [5.41, 5.74) is 1.63. The molecule has 0 unspecified atom stereocenters. The number of ether oxygens (including phenoxy) is 1. The Morgan fingerprint density at radius 2 is 1.79 bits per heavy atom. The lowest BCUT2D eigenvalue weighted by atomic mass is 10.0. The van der Waals surface area contributed by atoms with E-state index in [1.54, 1.807) is 48.5 Å². The molecule has 3 aromatic rings. The van der Waals surface area contributed by atoms with Gasteiger partial charge < -0.3 is 15.2 Å². The van der Waals surface area contributed by atoms with E-state index in [4.69, 9.17) is 4.74 Å². The summed E-state index contributed by atoms with van der Waals surface area (Å²) in [7, 11) is 1.31. The van der Waals surface area contributed by atoms with E-state index in [1.807, 2.05) is 6.07 Å². The highest BCUT2D eigenvalue weighted by Crippen LogP contribution is 2.42. The first-order valence-electron chi connectivity index (χ1n) is 8.80. The number of carbonyl (C=O) groups excluding carboxylic acids is 1. The molecule has 1 amide bonds. The van der Waals surface area contributed by atoms with Crippen molar-refractivity contribution in [2.75, 3.05) is 17.3 Å². The molecule has 1 heterocycles. The average Bonchev–Trinajstić information content (AvgIpc) is 2.74. The van der Waals surface area contributed by atoms with Crippen LogP contribution >= 0.6 is 0 Å². The van der Waals surface area contributed by atoms with Gasteiger partial charge in [0.05, 0.1) is 17.6 Å². The number of phenols is 1. The van der Waals surface area contributed by atoms with Crippen LogP contribution in [0.4, 0.5) is 17.1 Å². The first kappa shape index (κ1) is 18.3. The lowest BCUT2D eigenvalue weighted by Gasteiger charge is -2.38. The fraction of sp³-hybridized carbons (Fsp3) is 0.0952. The van der Waals surface area contributed by atoms with Crippen molar-refractivity contribution in [2.24, 2.45) is 0 Å². The molecule has 2 N–H and O–H groups in total. The second kappa shape index (κ2) is 7.16. The Morgan fingerprint density at radius 1 is 1.10 bits per heavy atom. The third-order valence-electron chi connectivity index (χ3n) is 4.77. The number of hydrogen-bond donors (Lipinski definition) is 2. The van der Waals surface area contributed by atoms with Crippen LogP contribution < -0.4 is 15.0 Å². The number of carbonyl (C=O) groups is 1. The van der Waals surface area contributed by atoms with Crippen LogP contribution in [0, 0.1) is 10.1 Å². The van der Waals surface area contributed by atoms with E-state index in [0.717, 1.165) is 0 Å². The van der Waals surface area contributed by atoms with Crippen molar-refractivity contribution in [1.82, 2.24) is 0 Å². The molecule has 4 rings (SSSR count). The molecule has 0 fully saturated rings.